The smallest absolute Gasteiger partial charge is 0.241 e. The SMILES string of the molecule is CC1NC(c2ccc(F)c(F)c2)N(CCCN(C)C)C1=O. The topological polar surface area (TPSA) is 35.6 Å². The maximum atomic E-state index is 13.4. The Morgan fingerprint density at radius 3 is 2.62 bits per heavy atom. The van der Waals surface area contributed by atoms with Crippen LogP contribution in [-0.4, -0.2) is 48.9 Å². The molecule has 1 aromatic rings. The number of carbonyl (C=O) groups is 1. The van der Waals surface area contributed by atoms with E-state index in [1.807, 2.05) is 19.0 Å². The molecule has 1 fully saturated rings. The molecule has 2 rings (SSSR count). The van der Waals surface area contributed by atoms with Crippen LogP contribution in [0.4, 0.5) is 8.78 Å². The Morgan fingerprint density at radius 2 is 2.00 bits per heavy atom. The predicted molar refractivity (Wildman–Crippen MR) is 76.6 cm³/mol. The standard InChI is InChI=1S/C15H21F2N3O/c1-10-15(21)20(8-4-7-19(2)3)14(18-10)11-5-6-12(16)13(17)9-11/h5-6,9-10,14,18H,4,7-8H2,1-3H3. The summed E-state index contributed by atoms with van der Waals surface area (Å²) in [5, 5.41) is 3.13. The lowest BCUT2D eigenvalue weighted by Crippen LogP contribution is -2.33. The second-order valence-electron chi connectivity index (χ2n) is 5.65. The highest BCUT2D eigenvalue weighted by molar-refractivity contribution is 5.84. The van der Waals surface area contributed by atoms with E-state index in [2.05, 4.69) is 5.32 Å². The number of benzene rings is 1. The van der Waals surface area contributed by atoms with E-state index in [1.165, 1.54) is 6.07 Å². The number of rotatable bonds is 5. The molecular formula is C15H21F2N3O. The highest BCUT2D eigenvalue weighted by Gasteiger charge is 2.36. The van der Waals surface area contributed by atoms with Crippen LogP contribution in [0.1, 0.15) is 25.1 Å². The molecule has 4 nitrogen and oxygen atoms in total. The number of halogens is 2. The lowest BCUT2D eigenvalue weighted by Gasteiger charge is -2.25. The lowest BCUT2D eigenvalue weighted by molar-refractivity contribution is -0.129. The van der Waals surface area contributed by atoms with Gasteiger partial charge in [0.2, 0.25) is 5.91 Å². The second-order valence-corrected chi connectivity index (χ2v) is 5.65. The summed E-state index contributed by atoms with van der Waals surface area (Å²) in [4.78, 5) is 15.9. The van der Waals surface area contributed by atoms with E-state index >= 15 is 0 Å². The highest BCUT2D eigenvalue weighted by atomic mass is 19.2. The Kier molecular flexibility index (Phi) is 4.90. The van der Waals surface area contributed by atoms with Crippen LogP contribution < -0.4 is 5.32 Å². The molecule has 0 aliphatic carbocycles. The monoisotopic (exact) mass is 297 g/mol. The molecule has 0 radical (unpaired) electrons. The third kappa shape index (κ3) is 3.57. The van der Waals surface area contributed by atoms with Gasteiger partial charge >= 0.3 is 0 Å². The molecule has 116 valence electrons. The first kappa shape index (κ1) is 15.9. The van der Waals surface area contributed by atoms with Gasteiger partial charge in [0.25, 0.3) is 0 Å². The molecule has 2 atom stereocenters. The number of amides is 1. The van der Waals surface area contributed by atoms with Crippen molar-refractivity contribution in [3.05, 3.63) is 35.4 Å². The predicted octanol–water partition coefficient (Wildman–Crippen LogP) is 1.74. The van der Waals surface area contributed by atoms with Crippen molar-refractivity contribution in [3.8, 4) is 0 Å². The molecule has 0 spiro atoms. The zero-order valence-corrected chi connectivity index (χ0v) is 12.6. The second kappa shape index (κ2) is 6.49. The minimum Gasteiger partial charge on any atom is -0.322 e. The van der Waals surface area contributed by atoms with Gasteiger partial charge in [-0.1, -0.05) is 6.07 Å². The number of nitrogens with one attached hydrogen (secondary N) is 1. The first-order valence-electron chi connectivity index (χ1n) is 7.06. The summed E-state index contributed by atoms with van der Waals surface area (Å²) in [7, 11) is 3.94. The third-order valence-electron chi connectivity index (χ3n) is 3.64. The summed E-state index contributed by atoms with van der Waals surface area (Å²) in [5.74, 6) is -1.78. The first-order chi connectivity index (χ1) is 9.90. The average molecular weight is 297 g/mol. The van der Waals surface area contributed by atoms with Crippen molar-refractivity contribution in [2.24, 2.45) is 0 Å². The summed E-state index contributed by atoms with van der Waals surface area (Å²) >= 11 is 0. The Bertz CT molecular complexity index is 522. The van der Waals surface area contributed by atoms with Gasteiger partial charge in [-0.3, -0.25) is 10.1 Å². The molecule has 6 heteroatoms. The van der Waals surface area contributed by atoms with Gasteiger partial charge in [-0.05, 0) is 51.7 Å². The van der Waals surface area contributed by atoms with E-state index in [4.69, 9.17) is 0 Å². The molecule has 1 N–H and O–H groups in total. The van der Waals surface area contributed by atoms with Crippen molar-refractivity contribution in [3.63, 3.8) is 0 Å². The Morgan fingerprint density at radius 1 is 1.29 bits per heavy atom. The van der Waals surface area contributed by atoms with Crippen LogP contribution in [0.5, 0.6) is 0 Å². The summed E-state index contributed by atoms with van der Waals surface area (Å²) in [6.45, 7) is 3.22. The summed E-state index contributed by atoms with van der Waals surface area (Å²) in [6.07, 6.45) is 0.428. The van der Waals surface area contributed by atoms with Gasteiger partial charge in [0.05, 0.1) is 6.04 Å². The molecule has 1 saturated heterocycles. The summed E-state index contributed by atoms with van der Waals surface area (Å²) in [6, 6.07) is 3.44. The molecule has 1 amide bonds. The minimum absolute atomic E-state index is 0.0107. The fourth-order valence-electron chi connectivity index (χ4n) is 2.53. The number of carbonyl (C=O) groups excluding carboxylic acids is 1. The van der Waals surface area contributed by atoms with Crippen LogP contribution in [0.3, 0.4) is 0 Å². The molecular weight excluding hydrogens is 276 g/mol. The van der Waals surface area contributed by atoms with Crippen molar-refractivity contribution in [1.82, 2.24) is 15.1 Å². The maximum Gasteiger partial charge on any atom is 0.241 e. The van der Waals surface area contributed by atoms with E-state index in [9.17, 15) is 13.6 Å². The quantitative estimate of drug-likeness (QED) is 0.899. The van der Waals surface area contributed by atoms with E-state index < -0.39 is 17.8 Å². The molecule has 0 bridgehead atoms. The molecule has 1 aliphatic heterocycles. The zero-order valence-electron chi connectivity index (χ0n) is 12.6. The van der Waals surface area contributed by atoms with Gasteiger partial charge in [0.1, 0.15) is 6.17 Å². The van der Waals surface area contributed by atoms with Gasteiger partial charge in [0, 0.05) is 6.54 Å². The molecule has 1 aliphatic rings. The van der Waals surface area contributed by atoms with Gasteiger partial charge in [-0.25, -0.2) is 8.78 Å². The van der Waals surface area contributed by atoms with Crippen LogP contribution in [0.2, 0.25) is 0 Å². The van der Waals surface area contributed by atoms with Gasteiger partial charge in [-0.2, -0.15) is 0 Å². The van der Waals surface area contributed by atoms with Crippen LogP contribution in [0.25, 0.3) is 0 Å². The van der Waals surface area contributed by atoms with Crippen molar-refractivity contribution < 1.29 is 13.6 Å². The van der Waals surface area contributed by atoms with Crippen molar-refractivity contribution in [1.29, 1.82) is 0 Å². The molecule has 1 aromatic carbocycles. The first-order valence-corrected chi connectivity index (χ1v) is 7.06. The van der Waals surface area contributed by atoms with Crippen molar-refractivity contribution in [2.75, 3.05) is 27.2 Å². The van der Waals surface area contributed by atoms with Crippen LogP contribution in [-0.2, 0) is 4.79 Å². The van der Waals surface area contributed by atoms with Crippen LogP contribution >= 0.6 is 0 Å². The summed E-state index contributed by atoms with van der Waals surface area (Å²) in [5.41, 5.74) is 0.566. The fourth-order valence-corrected chi connectivity index (χ4v) is 2.53. The molecule has 2 unspecified atom stereocenters. The molecule has 0 saturated carbocycles. The normalized spacial score (nSPS) is 22.4. The van der Waals surface area contributed by atoms with Gasteiger partial charge < -0.3 is 9.80 Å². The van der Waals surface area contributed by atoms with Gasteiger partial charge in [-0.15, -0.1) is 0 Å². The van der Waals surface area contributed by atoms with Gasteiger partial charge in [0.15, 0.2) is 11.6 Å². The number of hydrogen-bond donors (Lipinski definition) is 1. The molecule has 21 heavy (non-hydrogen) atoms. The Labute approximate surface area is 123 Å². The van der Waals surface area contributed by atoms with Crippen molar-refractivity contribution >= 4 is 5.91 Å². The largest absolute Gasteiger partial charge is 0.322 e. The average Bonchev–Trinajstić information content (AvgIpc) is 2.70. The van der Waals surface area contributed by atoms with Crippen LogP contribution in [0, 0.1) is 11.6 Å². The maximum absolute atomic E-state index is 13.4. The molecule has 1 heterocycles. The minimum atomic E-state index is -0.894. The molecule has 0 aromatic heterocycles. The third-order valence-corrected chi connectivity index (χ3v) is 3.64. The van der Waals surface area contributed by atoms with E-state index in [0.717, 1.165) is 25.1 Å². The van der Waals surface area contributed by atoms with E-state index in [0.29, 0.717) is 12.1 Å². The van der Waals surface area contributed by atoms with Crippen LogP contribution in [0.15, 0.2) is 18.2 Å². The fraction of sp³-hybridized carbons (Fsp3) is 0.533. The number of nitrogens with zero attached hydrogens (tertiary/aromatic N) is 2. The Hall–Kier alpha value is -1.53. The zero-order chi connectivity index (χ0) is 15.6. The lowest BCUT2D eigenvalue weighted by atomic mass is 10.1. The number of hydrogen-bond acceptors (Lipinski definition) is 3. The van der Waals surface area contributed by atoms with E-state index in [-0.39, 0.29) is 11.9 Å². The van der Waals surface area contributed by atoms with Crippen molar-refractivity contribution in [2.45, 2.75) is 25.6 Å². The Balaban J connectivity index is 2.15. The van der Waals surface area contributed by atoms with E-state index in [1.54, 1.807) is 11.8 Å². The summed E-state index contributed by atoms with van der Waals surface area (Å²) < 4.78 is 26.4. The highest BCUT2D eigenvalue weighted by Crippen LogP contribution is 2.26.